The molecule has 0 bridgehead atoms. The van der Waals surface area contributed by atoms with Gasteiger partial charge in [-0.1, -0.05) is 0 Å². The van der Waals surface area contributed by atoms with E-state index in [1.54, 1.807) is 0 Å². The van der Waals surface area contributed by atoms with Crippen molar-refractivity contribution < 1.29 is 101 Å². The minimum Gasteiger partial charge on any atom is -0.412 e. The van der Waals surface area contributed by atoms with Gasteiger partial charge in [-0.2, -0.15) is 0 Å². The van der Waals surface area contributed by atoms with Gasteiger partial charge in [0.05, 0.1) is 0 Å². The predicted molar refractivity (Wildman–Crippen MR) is 48.0 cm³/mol. The second-order valence-electron chi connectivity index (χ2n) is 0.714. The molecule has 0 radical (unpaired) electrons. The molecule has 0 aliphatic carbocycles. The monoisotopic (exact) mass is 463 g/mol. The van der Waals surface area contributed by atoms with Crippen LogP contribution in [0.3, 0.4) is 0 Å². The summed E-state index contributed by atoms with van der Waals surface area (Å²) < 4.78 is 0. The quantitative estimate of drug-likeness (QED) is 0.226. The maximum Gasteiger partial charge on any atom is 0.291 e. The molecule has 0 saturated carbocycles. The van der Waals surface area contributed by atoms with Gasteiger partial charge in [-0.25, -0.2) is 0 Å². The molecule has 18 nitrogen and oxygen atoms in total. The van der Waals surface area contributed by atoms with Crippen LogP contribution in [0.1, 0.15) is 0 Å². The molecule has 0 unspecified atom stereocenters. The Labute approximate surface area is 131 Å². The summed E-state index contributed by atoms with van der Waals surface area (Å²) in [6.45, 7) is 0. The number of hydrogen-bond acceptors (Lipinski definition) is 6. The smallest absolute Gasteiger partial charge is 0.291 e. The summed E-state index contributed by atoms with van der Waals surface area (Å²) in [5, 5.41) is 40.9. The Morgan fingerprint density at radius 1 is 0.526 bits per heavy atom. The zero-order chi connectivity index (χ0) is 10.7. The third-order valence-electron chi connectivity index (χ3n) is 0. The van der Waals surface area contributed by atoms with Crippen LogP contribution in [0.5, 0.6) is 0 Å². The van der Waals surface area contributed by atoms with E-state index >= 15 is 0 Å². The number of nitrogens with zero attached hydrogens (tertiary/aromatic N) is 3. The first-order valence-electron chi connectivity index (χ1n) is 1.70. The van der Waals surface area contributed by atoms with Crippen molar-refractivity contribution in [3.05, 3.63) is 30.3 Å². The van der Waals surface area contributed by atoms with Gasteiger partial charge in [-0.15, -0.1) is 30.3 Å². The van der Waals surface area contributed by atoms with Crippen molar-refractivity contribution >= 4 is 0 Å². The van der Waals surface area contributed by atoms with E-state index in [1.165, 1.54) is 0 Å². The van der Waals surface area contributed by atoms with Crippen LogP contribution in [0.25, 0.3) is 0 Å². The second-order valence-corrected chi connectivity index (χ2v) is 0.714. The van der Waals surface area contributed by atoms with E-state index in [4.69, 9.17) is 46.0 Å². The number of hydrogen-bond donors (Lipinski definition) is 3. The first-order valence-corrected chi connectivity index (χ1v) is 1.70. The van der Waals surface area contributed by atoms with Crippen molar-refractivity contribution in [2.45, 2.75) is 0 Å². The van der Waals surface area contributed by atoms with Gasteiger partial charge < -0.3 is 48.5 Å². The summed E-state index contributed by atoms with van der Waals surface area (Å²) in [6.07, 6.45) is 0. The summed E-state index contributed by atoms with van der Waals surface area (Å²) in [6, 6.07) is 0. The normalized spacial score (nSPS) is 3.79. The van der Waals surface area contributed by atoms with Gasteiger partial charge in [0.25, 0.3) is 15.3 Å². The molecule has 19 heavy (non-hydrogen) atoms. The Morgan fingerprint density at radius 3 is 0.526 bits per heavy atom. The topological polar surface area (TPSA) is 379 Å². The predicted octanol–water partition coefficient (Wildman–Crippen LogP) is -5.99. The van der Waals surface area contributed by atoms with Crippen LogP contribution >= 0.6 is 0 Å². The van der Waals surface area contributed by atoms with E-state index in [0.717, 1.165) is 0 Å². The van der Waals surface area contributed by atoms with Gasteiger partial charge in [0.15, 0.2) is 0 Å². The zero-order valence-corrected chi connectivity index (χ0v) is 10.3. The fourth-order valence-electron chi connectivity index (χ4n) is 0. The molecular weight excluding hydrogens is 449 g/mol. The molecule has 0 fully saturated rings. The van der Waals surface area contributed by atoms with Crippen molar-refractivity contribution in [3.63, 3.8) is 0 Å². The molecule has 0 atom stereocenters. The first kappa shape index (κ1) is 83.9. The molecule has 0 heterocycles. The standard InChI is InChI=1S/Er.3HNO3.6H2O/c;3*2-1(3)4;;;;;;/h;3*(H,2,3,4);6*1H2. The molecule has 0 saturated heterocycles. The van der Waals surface area contributed by atoms with Gasteiger partial charge in [0, 0.05) is 37.3 Å². The van der Waals surface area contributed by atoms with Gasteiger partial charge in [-0.05, 0) is 0 Å². The fourth-order valence-corrected chi connectivity index (χ4v) is 0. The van der Waals surface area contributed by atoms with Crippen molar-refractivity contribution in [2.24, 2.45) is 0 Å². The average molecular weight is 464 g/mol. The van der Waals surface area contributed by atoms with Gasteiger partial charge >= 0.3 is 0 Å². The van der Waals surface area contributed by atoms with E-state index < -0.39 is 15.3 Å². The number of rotatable bonds is 0. The maximum atomic E-state index is 8.36. The van der Waals surface area contributed by atoms with Crippen molar-refractivity contribution in [3.8, 4) is 0 Å². The Morgan fingerprint density at radius 2 is 0.526 bits per heavy atom. The molecule has 0 amide bonds. The van der Waals surface area contributed by atoms with Crippen molar-refractivity contribution in [2.75, 3.05) is 0 Å². The molecule has 0 aliphatic rings. The first-order chi connectivity index (χ1) is 5.20. The van der Waals surface area contributed by atoms with Crippen LogP contribution in [0.2, 0.25) is 0 Å². The average Bonchev–Trinajstić information content (AvgIpc) is 1.54. The second kappa shape index (κ2) is 69.9. The molecule has 0 aromatic heterocycles. The van der Waals surface area contributed by atoms with Crippen LogP contribution in [0.15, 0.2) is 0 Å². The van der Waals surface area contributed by atoms with Crippen LogP contribution in [-0.4, -0.2) is 63.7 Å². The van der Waals surface area contributed by atoms with Crippen molar-refractivity contribution in [1.82, 2.24) is 0 Å². The summed E-state index contributed by atoms with van der Waals surface area (Å²) in [5.41, 5.74) is 0. The van der Waals surface area contributed by atoms with Crippen LogP contribution in [-0.2, 0) is 0 Å². The summed E-state index contributed by atoms with van der Waals surface area (Å²) >= 11 is 0. The molecule has 19 heteroatoms. The minimum absolute atomic E-state index is 0. The Balaban J connectivity index is -0.00000000675. The molecule has 0 rings (SSSR count). The van der Waals surface area contributed by atoms with E-state index in [9.17, 15) is 0 Å². The molecule has 0 aromatic rings. The van der Waals surface area contributed by atoms with E-state index in [-0.39, 0.29) is 70.2 Å². The van der Waals surface area contributed by atoms with Crippen molar-refractivity contribution in [1.29, 1.82) is 0 Å². The Hall–Kier alpha value is -1.39. The Bertz CT molecular complexity index is 115. The van der Waals surface area contributed by atoms with Gasteiger partial charge in [-0.3, -0.25) is 0 Å². The molecule has 15 N–H and O–H groups in total. The summed E-state index contributed by atoms with van der Waals surface area (Å²) in [7, 11) is 0. The van der Waals surface area contributed by atoms with E-state index in [1.807, 2.05) is 0 Å². The largest absolute Gasteiger partial charge is 0.412 e. The van der Waals surface area contributed by atoms with E-state index in [0.29, 0.717) is 0 Å². The van der Waals surface area contributed by atoms with Gasteiger partial charge in [0.2, 0.25) is 0 Å². The van der Waals surface area contributed by atoms with Crippen LogP contribution in [0, 0.1) is 67.6 Å². The summed E-state index contributed by atoms with van der Waals surface area (Å²) in [4.78, 5) is 25.1. The summed E-state index contributed by atoms with van der Waals surface area (Å²) in [5.74, 6) is 0. The van der Waals surface area contributed by atoms with Crippen LogP contribution < -0.4 is 0 Å². The molecular formula is H15ErN3O15. The fraction of sp³-hybridized carbons (Fsp3) is 0. The zero-order valence-electron chi connectivity index (χ0n) is 8.42. The molecule has 0 aliphatic heterocycles. The third-order valence-corrected chi connectivity index (χ3v) is 0. The van der Waals surface area contributed by atoms with Gasteiger partial charge in [0.1, 0.15) is 0 Å². The maximum absolute atomic E-state index is 8.36. The molecule has 132 valence electrons. The van der Waals surface area contributed by atoms with E-state index in [2.05, 4.69) is 0 Å². The van der Waals surface area contributed by atoms with Crippen LogP contribution in [0.4, 0.5) is 0 Å². The Kier molecular flexibility index (Phi) is 309. The SMILES string of the molecule is O.O.O.O.O.O.O=[N+]([O-])O.O=[N+]([O-])O.O=[N+]([O-])O.[Er]. The minimum atomic E-state index is -1.50. The molecule has 0 spiro atoms. The molecule has 0 aromatic carbocycles. The third kappa shape index (κ3) is 1830.